The fourth-order valence-corrected chi connectivity index (χ4v) is 3.20. The summed E-state index contributed by atoms with van der Waals surface area (Å²) in [6.45, 7) is 1.72. The van der Waals surface area contributed by atoms with Crippen LogP contribution in [-0.2, 0) is 32.2 Å². The van der Waals surface area contributed by atoms with E-state index < -0.39 is 0 Å². The summed E-state index contributed by atoms with van der Waals surface area (Å²) in [7, 11) is 0. The van der Waals surface area contributed by atoms with E-state index >= 15 is 0 Å². The number of rotatable bonds is 6. The molecule has 0 aromatic heterocycles. The van der Waals surface area contributed by atoms with Gasteiger partial charge in [-0.2, -0.15) is 0 Å². The lowest BCUT2D eigenvalue weighted by atomic mass is 10.0. The van der Waals surface area contributed by atoms with Crippen LogP contribution in [-0.4, -0.2) is 31.2 Å². The van der Waals surface area contributed by atoms with E-state index in [1.54, 1.807) is 0 Å². The summed E-state index contributed by atoms with van der Waals surface area (Å²) >= 11 is 0. The van der Waals surface area contributed by atoms with Gasteiger partial charge in [0.1, 0.15) is 12.2 Å². The molecular weight excluding hydrogens is 304 g/mol. The molecule has 2 aromatic carbocycles. The normalized spacial score (nSPS) is 28.8. The van der Waals surface area contributed by atoms with Gasteiger partial charge in [-0.1, -0.05) is 60.7 Å². The molecule has 0 unspecified atom stereocenters. The highest BCUT2D eigenvalue weighted by Crippen LogP contribution is 2.32. The Morgan fingerprint density at radius 1 is 0.792 bits per heavy atom. The Balaban J connectivity index is 1.34. The third kappa shape index (κ3) is 3.68. The van der Waals surface area contributed by atoms with Crippen molar-refractivity contribution in [1.82, 2.24) is 0 Å². The van der Waals surface area contributed by atoms with Gasteiger partial charge in [0, 0.05) is 6.42 Å². The Labute approximate surface area is 142 Å². The predicted octanol–water partition coefficient (Wildman–Crippen LogP) is 3.30. The van der Waals surface area contributed by atoms with Gasteiger partial charge in [-0.3, -0.25) is 0 Å². The standard InChI is InChI=1S/C20H22O4/c1-3-7-15(8-4-1)12-21-17-11-18(20-23-14-19(17)24-20)22-13-16-9-5-2-6-10-16/h1-10,17-20H,11-14H2/t17-,18+,19+,20+/m0/s1. The van der Waals surface area contributed by atoms with Crippen LogP contribution in [0.3, 0.4) is 0 Å². The molecule has 0 radical (unpaired) electrons. The van der Waals surface area contributed by atoms with Crippen LogP contribution >= 0.6 is 0 Å². The second-order valence-corrected chi connectivity index (χ2v) is 6.28. The van der Waals surface area contributed by atoms with E-state index in [0.717, 1.165) is 12.0 Å². The molecular formula is C20H22O4. The SMILES string of the molecule is c1ccc(CO[C@H]2C[C@@H](OCc3ccccc3)[C@@H]3OC[C@H]2O3)cc1. The fourth-order valence-electron chi connectivity index (χ4n) is 3.20. The van der Waals surface area contributed by atoms with E-state index in [1.807, 2.05) is 36.4 Å². The summed E-state index contributed by atoms with van der Waals surface area (Å²) in [5.74, 6) is 0. The molecule has 4 rings (SSSR count). The van der Waals surface area contributed by atoms with Crippen LogP contribution in [0.4, 0.5) is 0 Å². The van der Waals surface area contributed by atoms with Crippen LogP contribution in [0.15, 0.2) is 60.7 Å². The lowest BCUT2D eigenvalue weighted by molar-refractivity contribution is -0.210. The summed E-state index contributed by atoms with van der Waals surface area (Å²) in [4.78, 5) is 0. The highest BCUT2D eigenvalue weighted by molar-refractivity contribution is 5.14. The lowest BCUT2D eigenvalue weighted by Crippen LogP contribution is -2.44. The molecule has 2 heterocycles. The molecule has 2 aliphatic heterocycles. The van der Waals surface area contributed by atoms with Crippen molar-refractivity contribution in [2.24, 2.45) is 0 Å². The van der Waals surface area contributed by atoms with Crippen molar-refractivity contribution in [3.05, 3.63) is 71.8 Å². The van der Waals surface area contributed by atoms with E-state index in [-0.39, 0.29) is 24.6 Å². The third-order valence-corrected chi connectivity index (χ3v) is 4.53. The van der Waals surface area contributed by atoms with Crippen molar-refractivity contribution in [2.45, 2.75) is 44.2 Å². The average molecular weight is 326 g/mol. The first-order chi connectivity index (χ1) is 11.9. The first-order valence-electron chi connectivity index (χ1n) is 8.46. The molecule has 0 amide bonds. The van der Waals surface area contributed by atoms with Gasteiger partial charge >= 0.3 is 0 Å². The monoisotopic (exact) mass is 326 g/mol. The maximum Gasteiger partial charge on any atom is 0.184 e. The quantitative estimate of drug-likeness (QED) is 0.816. The number of hydrogen-bond donors (Lipinski definition) is 0. The van der Waals surface area contributed by atoms with Crippen LogP contribution in [0.2, 0.25) is 0 Å². The summed E-state index contributed by atoms with van der Waals surface area (Å²) < 4.78 is 23.8. The van der Waals surface area contributed by atoms with Gasteiger partial charge in [0.15, 0.2) is 6.29 Å². The second kappa shape index (κ2) is 7.45. The van der Waals surface area contributed by atoms with Crippen molar-refractivity contribution in [2.75, 3.05) is 6.61 Å². The first kappa shape index (κ1) is 15.8. The number of fused-ring (bicyclic) bond motifs is 2. The predicted molar refractivity (Wildman–Crippen MR) is 89.3 cm³/mol. The number of ether oxygens (including phenoxy) is 4. The number of hydrogen-bond acceptors (Lipinski definition) is 4. The fraction of sp³-hybridized carbons (Fsp3) is 0.400. The highest BCUT2D eigenvalue weighted by atomic mass is 16.8. The Bertz CT molecular complexity index is 575. The van der Waals surface area contributed by atoms with Crippen molar-refractivity contribution < 1.29 is 18.9 Å². The van der Waals surface area contributed by atoms with Gasteiger partial charge in [0.05, 0.1) is 25.9 Å². The molecule has 4 heteroatoms. The molecule has 2 bridgehead atoms. The third-order valence-electron chi connectivity index (χ3n) is 4.53. The second-order valence-electron chi connectivity index (χ2n) is 6.28. The zero-order valence-corrected chi connectivity index (χ0v) is 13.5. The van der Waals surface area contributed by atoms with Crippen molar-refractivity contribution in [1.29, 1.82) is 0 Å². The molecule has 0 N–H and O–H groups in total. The molecule has 0 aliphatic carbocycles. The topological polar surface area (TPSA) is 36.9 Å². The molecule has 0 spiro atoms. The van der Waals surface area contributed by atoms with Crippen LogP contribution in [0.5, 0.6) is 0 Å². The zero-order valence-electron chi connectivity index (χ0n) is 13.5. The van der Waals surface area contributed by atoms with Crippen LogP contribution in [0.25, 0.3) is 0 Å². The Hall–Kier alpha value is -1.72. The molecule has 2 saturated heterocycles. The Kier molecular flexibility index (Phi) is 4.90. The largest absolute Gasteiger partial charge is 0.371 e. The van der Waals surface area contributed by atoms with Crippen molar-refractivity contribution >= 4 is 0 Å². The van der Waals surface area contributed by atoms with Gasteiger partial charge in [-0.05, 0) is 11.1 Å². The van der Waals surface area contributed by atoms with E-state index in [2.05, 4.69) is 24.3 Å². The molecule has 24 heavy (non-hydrogen) atoms. The van der Waals surface area contributed by atoms with E-state index in [0.29, 0.717) is 19.8 Å². The van der Waals surface area contributed by atoms with Gasteiger partial charge in [0.25, 0.3) is 0 Å². The van der Waals surface area contributed by atoms with Gasteiger partial charge in [-0.15, -0.1) is 0 Å². The zero-order chi connectivity index (χ0) is 16.2. The van der Waals surface area contributed by atoms with Gasteiger partial charge in [0.2, 0.25) is 0 Å². The van der Waals surface area contributed by atoms with E-state index in [9.17, 15) is 0 Å². The van der Waals surface area contributed by atoms with Crippen LogP contribution < -0.4 is 0 Å². The molecule has 2 aliphatic rings. The Morgan fingerprint density at radius 2 is 1.38 bits per heavy atom. The summed E-state index contributed by atoms with van der Waals surface area (Å²) in [6.07, 6.45) is 0.453. The molecule has 2 aromatic rings. The molecule has 0 saturated carbocycles. The summed E-state index contributed by atoms with van der Waals surface area (Å²) in [5.41, 5.74) is 2.32. The lowest BCUT2D eigenvalue weighted by Gasteiger charge is -2.33. The highest BCUT2D eigenvalue weighted by Gasteiger charge is 2.45. The Morgan fingerprint density at radius 3 is 2.00 bits per heavy atom. The maximum atomic E-state index is 6.10. The van der Waals surface area contributed by atoms with Crippen molar-refractivity contribution in [3.8, 4) is 0 Å². The van der Waals surface area contributed by atoms with Gasteiger partial charge < -0.3 is 18.9 Å². The number of benzene rings is 2. The van der Waals surface area contributed by atoms with E-state index in [4.69, 9.17) is 18.9 Å². The smallest absolute Gasteiger partial charge is 0.184 e. The minimum absolute atomic E-state index is 0.00438. The minimum Gasteiger partial charge on any atom is -0.371 e. The summed E-state index contributed by atoms with van der Waals surface area (Å²) in [6, 6.07) is 20.4. The molecule has 126 valence electrons. The van der Waals surface area contributed by atoms with E-state index in [1.165, 1.54) is 5.56 Å². The van der Waals surface area contributed by atoms with Crippen LogP contribution in [0.1, 0.15) is 17.5 Å². The maximum absolute atomic E-state index is 6.10. The van der Waals surface area contributed by atoms with Crippen molar-refractivity contribution in [3.63, 3.8) is 0 Å². The summed E-state index contributed by atoms with van der Waals surface area (Å²) in [5, 5.41) is 0. The molecule has 4 atom stereocenters. The minimum atomic E-state index is -0.268. The molecule has 4 nitrogen and oxygen atoms in total. The van der Waals surface area contributed by atoms with Gasteiger partial charge in [-0.25, -0.2) is 0 Å². The average Bonchev–Trinajstić information content (AvgIpc) is 3.07. The van der Waals surface area contributed by atoms with Crippen LogP contribution in [0, 0.1) is 0 Å². The first-order valence-corrected chi connectivity index (χ1v) is 8.46. The molecule has 2 fully saturated rings.